The van der Waals surface area contributed by atoms with Crippen molar-refractivity contribution in [1.29, 1.82) is 0 Å². The Morgan fingerprint density at radius 2 is 1.81 bits per heavy atom. The second-order valence-corrected chi connectivity index (χ2v) is 8.01. The Morgan fingerprint density at radius 3 is 2.44 bits per heavy atom. The van der Waals surface area contributed by atoms with E-state index in [2.05, 4.69) is 17.5 Å². The third kappa shape index (κ3) is 2.50. The van der Waals surface area contributed by atoms with Gasteiger partial charge < -0.3 is 10.1 Å². The predicted molar refractivity (Wildman–Crippen MR) is 97.7 cm³/mol. The number of carbonyl (C=O) groups is 3. The van der Waals surface area contributed by atoms with Crippen LogP contribution < -0.4 is 10.1 Å². The highest BCUT2D eigenvalue weighted by atomic mass is 16.5. The van der Waals surface area contributed by atoms with Crippen LogP contribution >= 0.6 is 0 Å². The number of hydrogen-bond acceptors (Lipinski definition) is 4. The van der Waals surface area contributed by atoms with Crippen molar-refractivity contribution in [3.63, 3.8) is 0 Å². The van der Waals surface area contributed by atoms with E-state index in [0.29, 0.717) is 23.3 Å². The van der Waals surface area contributed by atoms with E-state index >= 15 is 0 Å². The Hall–Kier alpha value is -2.63. The summed E-state index contributed by atoms with van der Waals surface area (Å²) in [5.74, 6) is 1.51. The van der Waals surface area contributed by atoms with E-state index in [4.69, 9.17) is 4.74 Å². The maximum atomic E-state index is 12.9. The summed E-state index contributed by atoms with van der Waals surface area (Å²) in [5.41, 5.74) is 0.634. The summed E-state index contributed by atoms with van der Waals surface area (Å²) in [6.45, 7) is 0.148. The fourth-order valence-corrected chi connectivity index (χ4v) is 5.38. The molecule has 5 aliphatic rings. The molecule has 0 spiro atoms. The zero-order chi connectivity index (χ0) is 18.7. The van der Waals surface area contributed by atoms with E-state index in [1.165, 1.54) is 4.90 Å². The van der Waals surface area contributed by atoms with E-state index in [1.807, 2.05) is 0 Å². The maximum absolute atomic E-state index is 12.9. The largest absolute Gasteiger partial charge is 0.497 e. The summed E-state index contributed by atoms with van der Waals surface area (Å²) < 4.78 is 5.14. The number of rotatable bonds is 5. The third-order valence-electron chi connectivity index (χ3n) is 6.67. The molecule has 3 amide bonds. The van der Waals surface area contributed by atoms with Crippen molar-refractivity contribution in [3.8, 4) is 5.75 Å². The quantitative estimate of drug-likeness (QED) is 0.639. The number of nitrogens with one attached hydrogen (secondary N) is 1. The molecule has 1 N–H and O–H groups in total. The molecule has 6 atom stereocenters. The van der Waals surface area contributed by atoms with Crippen molar-refractivity contribution in [1.82, 2.24) is 4.90 Å². The molecule has 0 aromatic heterocycles. The lowest BCUT2D eigenvalue weighted by Crippen LogP contribution is -2.40. The second kappa shape index (κ2) is 5.94. The van der Waals surface area contributed by atoms with E-state index in [9.17, 15) is 14.4 Å². The Balaban J connectivity index is 1.24. The van der Waals surface area contributed by atoms with E-state index < -0.39 is 0 Å². The van der Waals surface area contributed by atoms with Gasteiger partial charge in [-0.25, -0.2) is 0 Å². The molecule has 0 radical (unpaired) electrons. The minimum absolute atomic E-state index is 0.0797. The van der Waals surface area contributed by atoms with Gasteiger partial charge >= 0.3 is 0 Å². The van der Waals surface area contributed by atoms with Crippen molar-refractivity contribution < 1.29 is 19.1 Å². The third-order valence-corrected chi connectivity index (χ3v) is 6.67. The monoisotopic (exact) mass is 366 g/mol. The number of likely N-dealkylation sites (tertiary alicyclic amines) is 1. The van der Waals surface area contributed by atoms with Gasteiger partial charge in [-0.15, -0.1) is 0 Å². The lowest BCUT2D eigenvalue weighted by atomic mass is 9.63. The van der Waals surface area contributed by atoms with Gasteiger partial charge in [-0.1, -0.05) is 18.2 Å². The number of hydrogen-bond donors (Lipinski definition) is 1. The first-order valence-electron chi connectivity index (χ1n) is 9.56. The normalized spacial score (nSPS) is 35.1. The number of carbonyl (C=O) groups excluding carboxylic acids is 3. The first-order valence-corrected chi connectivity index (χ1v) is 9.56. The number of anilines is 1. The van der Waals surface area contributed by atoms with Crippen molar-refractivity contribution >= 4 is 23.4 Å². The molecule has 140 valence electrons. The molecule has 1 aromatic rings. The van der Waals surface area contributed by atoms with Crippen molar-refractivity contribution in [2.75, 3.05) is 19.0 Å². The average molecular weight is 366 g/mol. The van der Waals surface area contributed by atoms with Crippen LogP contribution in [-0.2, 0) is 14.4 Å². The summed E-state index contributed by atoms with van der Waals surface area (Å²) in [5, 5.41) is 2.80. The van der Waals surface area contributed by atoms with Crippen LogP contribution in [0.4, 0.5) is 5.69 Å². The molecular formula is C21H22N2O4. The Kier molecular flexibility index (Phi) is 3.64. The molecule has 3 fully saturated rings. The van der Waals surface area contributed by atoms with Crippen LogP contribution in [0.15, 0.2) is 36.4 Å². The molecule has 1 aromatic carbocycles. The van der Waals surface area contributed by atoms with Crippen LogP contribution in [-0.4, -0.2) is 36.3 Å². The van der Waals surface area contributed by atoms with Gasteiger partial charge in [0.05, 0.1) is 18.9 Å². The highest BCUT2D eigenvalue weighted by Gasteiger charge is 2.66. The summed E-state index contributed by atoms with van der Waals surface area (Å²) >= 11 is 0. The van der Waals surface area contributed by atoms with Crippen molar-refractivity contribution in [3.05, 3.63) is 36.4 Å². The fraction of sp³-hybridized carbons (Fsp3) is 0.476. The second-order valence-electron chi connectivity index (χ2n) is 8.01. The minimum atomic E-state index is -0.220. The van der Waals surface area contributed by atoms with E-state index in [-0.39, 0.29) is 54.4 Å². The molecule has 1 aliphatic heterocycles. The Labute approximate surface area is 157 Å². The average Bonchev–Trinajstić information content (AvgIpc) is 3.45. The fourth-order valence-electron chi connectivity index (χ4n) is 5.38. The van der Waals surface area contributed by atoms with Crippen molar-refractivity contribution in [2.24, 2.45) is 35.5 Å². The van der Waals surface area contributed by atoms with Gasteiger partial charge in [0, 0.05) is 24.7 Å². The van der Waals surface area contributed by atoms with E-state index in [0.717, 1.165) is 6.42 Å². The number of amides is 3. The van der Waals surface area contributed by atoms with Gasteiger partial charge in [0.15, 0.2) is 0 Å². The first kappa shape index (κ1) is 16.5. The van der Waals surface area contributed by atoms with Crippen LogP contribution in [0.5, 0.6) is 5.75 Å². The van der Waals surface area contributed by atoms with Gasteiger partial charge in [-0.3, -0.25) is 19.3 Å². The summed E-state index contributed by atoms with van der Waals surface area (Å²) in [7, 11) is 1.57. The summed E-state index contributed by atoms with van der Waals surface area (Å²) in [6.07, 6.45) is 5.57. The highest BCUT2D eigenvalue weighted by Crippen LogP contribution is 2.65. The molecule has 6 heteroatoms. The predicted octanol–water partition coefficient (Wildman–Crippen LogP) is 2.08. The van der Waals surface area contributed by atoms with Gasteiger partial charge in [0.25, 0.3) is 0 Å². The molecule has 2 bridgehead atoms. The number of benzene rings is 1. The van der Waals surface area contributed by atoms with Gasteiger partial charge in [-0.05, 0) is 42.2 Å². The summed E-state index contributed by atoms with van der Waals surface area (Å²) in [4.78, 5) is 39.4. The van der Waals surface area contributed by atoms with Crippen molar-refractivity contribution in [2.45, 2.75) is 12.8 Å². The molecule has 27 heavy (non-hydrogen) atoms. The molecule has 1 heterocycles. The number of ether oxygens (including phenoxy) is 1. The summed E-state index contributed by atoms with van der Waals surface area (Å²) in [6, 6.07) is 7.09. The zero-order valence-electron chi connectivity index (χ0n) is 15.1. The zero-order valence-corrected chi connectivity index (χ0v) is 15.1. The standard InChI is InChI=1S/C21H22N2O4/c1-27-12-4-2-3-11(9-12)22-17(24)7-8-23-20(25)18-13-5-6-14(16-10-15(13)16)19(18)21(23)26/h2-6,9,13-16,18-19H,7-8,10H2,1H3,(H,22,24)/t13-,14-,15-,16-,18+,19+/m0/s1. The van der Waals surface area contributed by atoms with E-state index in [1.54, 1.807) is 31.4 Å². The Morgan fingerprint density at radius 1 is 1.15 bits per heavy atom. The SMILES string of the molecule is COc1cccc(NC(=O)CCN2C(=O)[C@@H]3[C@H]4C=C[C@@H]([C@@H]5C[C@@H]45)[C@H]3C2=O)c1. The number of methoxy groups -OCH3 is 1. The number of allylic oxidation sites excluding steroid dienone is 2. The van der Waals surface area contributed by atoms with Crippen LogP contribution in [0.1, 0.15) is 12.8 Å². The minimum Gasteiger partial charge on any atom is -0.497 e. The number of nitrogens with zero attached hydrogens (tertiary/aromatic N) is 1. The van der Waals surface area contributed by atoms with Gasteiger partial charge in [-0.2, -0.15) is 0 Å². The molecule has 2 saturated carbocycles. The molecule has 6 nitrogen and oxygen atoms in total. The highest BCUT2D eigenvalue weighted by molar-refractivity contribution is 6.06. The molecular weight excluding hydrogens is 344 g/mol. The van der Waals surface area contributed by atoms with Crippen LogP contribution in [0, 0.1) is 35.5 Å². The molecule has 1 saturated heterocycles. The molecule has 6 rings (SSSR count). The van der Waals surface area contributed by atoms with Gasteiger partial charge in [0.2, 0.25) is 17.7 Å². The maximum Gasteiger partial charge on any atom is 0.233 e. The molecule has 4 aliphatic carbocycles. The van der Waals surface area contributed by atoms with Gasteiger partial charge in [0.1, 0.15) is 5.75 Å². The lowest BCUT2D eigenvalue weighted by molar-refractivity contribution is -0.140. The number of imide groups is 1. The smallest absolute Gasteiger partial charge is 0.233 e. The van der Waals surface area contributed by atoms with Crippen LogP contribution in [0.2, 0.25) is 0 Å². The van der Waals surface area contributed by atoms with Crippen LogP contribution in [0.3, 0.4) is 0 Å². The first-order chi connectivity index (χ1) is 13.1. The molecule has 0 unspecified atom stereocenters. The topological polar surface area (TPSA) is 75.7 Å². The van der Waals surface area contributed by atoms with Crippen LogP contribution in [0.25, 0.3) is 0 Å². The lowest BCUT2D eigenvalue weighted by Gasteiger charge is -2.37. The Bertz CT molecular complexity index is 827.